The molecule has 0 saturated carbocycles. The average Bonchev–Trinajstić information content (AvgIpc) is 2.27. The Balaban J connectivity index is 2.52. The summed E-state index contributed by atoms with van der Waals surface area (Å²) in [6.07, 6.45) is -0.184. The van der Waals surface area contributed by atoms with Gasteiger partial charge in [-0.3, -0.25) is 0 Å². The fourth-order valence-electron chi connectivity index (χ4n) is 2.55. The molecule has 106 valence electrons. The van der Waals surface area contributed by atoms with Crippen LogP contribution in [-0.2, 0) is 20.3 Å². The first-order valence-corrected chi connectivity index (χ1v) is 6.65. The average molecular weight is 266 g/mol. The number of benzene rings is 1. The molecule has 4 nitrogen and oxygen atoms in total. The second kappa shape index (κ2) is 5.12. The third-order valence-corrected chi connectivity index (χ3v) is 3.59. The van der Waals surface area contributed by atoms with Crippen molar-refractivity contribution in [1.29, 1.82) is 0 Å². The summed E-state index contributed by atoms with van der Waals surface area (Å²) in [7, 11) is 1.60. The van der Waals surface area contributed by atoms with Crippen molar-refractivity contribution in [2.24, 2.45) is 5.92 Å². The number of hydrogen-bond acceptors (Lipinski definition) is 4. The molecule has 4 heteroatoms. The molecule has 0 radical (unpaired) electrons. The van der Waals surface area contributed by atoms with Crippen molar-refractivity contribution in [2.45, 2.75) is 45.5 Å². The molecule has 0 aliphatic carbocycles. The summed E-state index contributed by atoms with van der Waals surface area (Å²) < 4.78 is 5.62. The Labute approximate surface area is 114 Å². The number of hydrogen-bond donors (Lipinski definition) is 1. The zero-order valence-electron chi connectivity index (χ0n) is 12.1. The van der Waals surface area contributed by atoms with Gasteiger partial charge in [0, 0.05) is 12.7 Å². The van der Waals surface area contributed by atoms with Crippen LogP contribution in [0, 0.1) is 5.92 Å². The first-order chi connectivity index (χ1) is 8.92. The molecule has 1 aromatic rings. The molecule has 1 aliphatic rings. The molecule has 19 heavy (non-hydrogen) atoms. The van der Waals surface area contributed by atoms with Gasteiger partial charge in [-0.25, -0.2) is 4.89 Å². The maximum atomic E-state index is 9.77. The fourth-order valence-corrected chi connectivity index (χ4v) is 2.55. The standard InChI is InChI=1S/C15H22O4/c1-9(2)12-7-6-11(16)8-13(12)15(17-5)14(10(3)4)18-19-15/h6-10,14,16H,1-5H3. The van der Waals surface area contributed by atoms with Crippen LogP contribution < -0.4 is 0 Å². The maximum Gasteiger partial charge on any atom is 0.257 e. The molecule has 0 bridgehead atoms. The highest BCUT2D eigenvalue weighted by Crippen LogP contribution is 2.47. The van der Waals surface area contributed by atoms with Gasteiger partial charge >= 0.3 is 0 Å². The zero-order chi connectivity index (χ0) is 14.2. The van der Waals surface area contributed by atoms with E-state index in [1.807, 2.05) is 6.07 Å². The number of rotatable bonds is 4. The smallest absolute Gasteiger partial charge is 0.257 e. The summed E-state index contributed by atoms with van der Waals surface area (Å²) in [5, 5.41) is 9.77. The highest BCUT2D eigenvalue weighted by atomic mass is 17.3. The molecule has 1 aliphatic heterocycles. The van der Waals surface area contributed by atoms with Gasteiger partial charge in [0.1, 0.15) is 5.75 Å². The normalized spacial score (nSPS) is 26.8. The number of phenolic OH excluding ortho intramolecular Hbond substituents is 1. The van der Waals surface area contributed by atoms with Crippen LogP contribution >= 0.6 is 0 Å². The zero-order valence-corrected chi connectivity index (χ0v) is 12.1. The van der Waals surface area contributed by atoms with E-state index in [0.717, 1.165) is 11.1 Å². The van der Waals surface area contributed by atoms with Crippen molar-refractivity contribution in [3.8, 4) is 5.75 Å². The second-order valence-electron chi connectivity index (χ2n) is 5.64. The highest BCUT2D eigenvalue weighted by Gasteiger charge is 2.56. The highest BCUT2D eigenvalue weighted by molar-refractivity contribution is 5.40. The van der Waals surface area contributed by atoms with Crippen LogP contribution in [0.5, 0.6) is 5.75 Å². The van der Waals surface area contributed by atoms with E-state index in [2.05, 4.69) is 27.7 Å². The molecule has 0 amide bonds. The lowest BCUT2D eigenvalue weighted by Crippen LogP contribution is -2.57. The van der Waals surface area contributed by atoms with Gasteiger partial charge in [-0.2, -0.15) is 4.89 Å². The van der Waals surface area contributed by atoms with Gasteiger partial charge in [-0.15, -0.1) is 0 Å². The first kappa shape index (κ1) is 14.3. The van der Waals surface area contributed by atoms with Crippen LogP contribution in [0.4, 0.5) is 0 Å². The Morgan fingerprint density at radius 1 is 1.26 bits per heavy atom. The summed E-state index contributed by atoms with van der Waals surface area (Å²) in [6, 6.07) is 5.30. The van der Waals surface area contributed by atoms with E-state index in [1.165, 1.54) is 0 Å². The van der Waals surface area contributed by atoms with Gasteiger partial charge in [0.05, 0.1) is 0 Å². The summed E-state index contributed by atoms with van der Waals surface area (Å²) in [5.41, 5.74) is 1.93. The van der Waals surface area contributed by atoms with Gasteiger partial charge in [-0.05, 0) is 29.5 Å². The Kier molecular flexibility index (Phi) is 3.85. The number of phenols is 1. The van der Waals surface area contributed by atoms with E-state index in [1.54, 1.807) is 19.2 Å². The van der Waals surface area contributed by atoms with Crippen LogP contribution in [0.25, 0.3) is 0 Å². The van der Waals surface area contributed by atoms with Gasteiger partial charge in [0.15, 0.2) is 6.10 Å². The van der Waals surface area contributed by atoms with Crippen LogP contribution in [0.1, 0.15) is 44.7 Å². The molecule has 1 N–H and O–H groups in total. The Hall–Kier alpha value is -1.10. The van der Waals surface area contributed by atoms with E-state index >= 15 is 0 Å². The van der Waals surface area contributed by atoms with E-state index in [0.29, 0.717) is 5.92 Å². The lowest BCUT2D eigenvalue weighted by molar-refractivity contribution is -0.586. The van der Waals surface area contributed by atoms with Crippen LogP contribution in [0.15, 0.2) is 18.2 Å². The van der Waals surface area contributed by atoms with Gasteiger partial charge in [0.25, 0.3) is 5.79 Å². The molecule has 1 aromatic carbocycles. The molecule has 1 saturated heterocycles. The Morgan fingerprint density at radius 3 is 2.37 bits per heavy atom. The monoisotopic (exact) mass is 266 g/mol. The Bertz CT molecular complexity index is 451. The van der Waals surface area contributed by atoms with Crippen molar-refractivity contribution in [3.05, 3.63) is 29.3 Å². The number of aromatic hydroxyl groups is 1. The minimum Gasteiger partial charge on any atom is -0.508 e. The number of methoxy groups -OCH3 is 1. The topological polar surface area (TPSA) is 47.9 Å². The molecular weight excluding hydrogens is 244 g/mol. The predicted molar refractivity (Wildman–Crippen MR) is 71.7 cm³/mol. The lowest BCUT2D eigenvalue weighted by atomic mass is 9.85. The largest absolute Gasteiger partial charge is 0.508 e. The first-order valence-electron chi connectivity index (χ1n) is 6.65. The van der Waals surface area contributed by atoms with Gasteiger partial charge < -0.3 is 9.84 Å². The van der Waals surface area contributed by atoms with Crippen molar-refractivity contribution in [1.82, 2.24) is 0 Å². The quantitative estimate of drug-likeness (QED) is 0.849. The minimum atomic E-state index is -0.924. The molecule has 0 aromatic heterocycles. The second-order valence-corrected chi connectivity index (χ2v) is 5.64. The van der Waals surface area contributed by atoms with Crippen molar-refractivity contribution in [2.75, 3.05) is 7.11 Å². The van der Waals surface area contributed by atoms with Crippen LogP contribution in [0.3, 0.4) is 0 Å². The van der Waals surface area contributed by atoms with Gasteiger partial charge in [0.2, 0.25) is 0 Å². The maximum absolute atomic E-state index is 9.77. The van der Waals surface area contributed by atoms with E-state index in [4.69, 9.17) is 14.5 Å². The molecule has 0 spiro atoms. The van der Waals surface area contributed by atoms with Crippen molar-refractivity contribution in [3.63, 3.8) is 0 Å². The molecule has 1 fully saturated rings. The minimum absolute atomic E-state index is 0.184. The Morgan fingerprint density at radius 2 is 1.95 bits per heavy atom. The SMILES string of the molecule is COC1(c2cc(O)ccc2C(C)C)OOC1C(C)C. The third kappa shape index (κ3) is 2.24. The predicted octanol–water partition coefficient (Wildman–Crippen LogP) is 3.30. The van der Waals surface area contributed by atoms with E-state index in [9.17, 15) is 5.11 Å². The summed E-state index contributed by atoms with van der Waals surface area (Å²) in [4.78, 5) is 10.6. The van der Waals surface area contributed by atoms with Crippen LogP contribution in [0.2, 0.25) is 0 Å². The molecule has 1 heterocycles. The summed E-state index contributed by atoms with van der Waals surface area (Å²) in [6.45, 7) is 8.31. The summed E-state index contributed by atoms with van der Waals surface area (Å²) in [5.74, 6) is -0.170. The van der Waals surface area contributed by atoms with E-state index < -0.39 is 5.79 Å². The molecule has 2 rings (SSSR count). The van der Waals surface area contributed by atoms with E-state index in [-0.39, 0.29) is 17.8 Å². The third-order valence-electron chi connectivity index (χ3n) is 3.59. The number of ether oxygens (including phenoxy) is 1. The lowest BCUT2D eigenvalue weighted by Gasteiger charge is -2.48. The molecule has 2 atom stereocenters. The van der Waals surface area contributed by atoms with Crippen molar-refractivity contribution >= 4 is 0 Å². The van der Waals surface area contributed by atoms with Gasteiger partial charge in [-0.1, -0.05) is 33.8 Å². The molecular formula is C15H22O4. The summed E-state index contributed by atoms with van der Waals surface area (Å²) >= 11 is 0. The van der Waals surface area contributed by atoms with Crippen molar-refractivity contribution < 1.29 is 19.6 Å². The molecule has 2 unspecified atom stereocenters. The fraction of sp³-hybridized carbons (Fsp3) is 0.600. The van der Waals surface area contributed by atoms with Crippen LogP contribution in [-0.4, -0.2) is 18.3 Å².